The molecule has 0 heterocycles. The fraction of sp³-hybridized carbons (Fsp3) is 0.385. The van der Waals surface area contributed by atoms with E-state index in [1.165, 1.54) is 4.90 Å². The molecule has 0 spiro atoms. The smallest absolute Gasteiger partial charge is 0.257 e. The Balaban J connectivity index is 3.18. The molecule has 4 nitrogen and oxygen atoms in total. The third kappa shape index (κ3) is 3.84. The van der Waals surface area contributed by atoms with Crippen LogP contribution in [0, 0.1) is 17.5 Å². The number of aromatic hydroxyl groups is 1. The summed E-state index contributed by atoms with van der Waals surface area (Å²) in [6, 6.07) is 0.0737. The standard InChI is InChI=1S/C13H15F3N2O2S/c1-6(2)18(4-3-9(17)21)13(20)7-5-8(14)11(16)12(19)10(7)15/h5-6,19H,3-4H2,1-2H3,(H2,17,21). The van der Waals surface area contributed by atoms with Gasteiger partial charge in [0.25, 0.3) is 5.91 Å². The number of nitrogens with two attached hydrogens (primary N) is 1. The van der Waals surface area contributed by atoms with Crippen LogP contribution < -0.4 is 5.73 Å². The Morgan fingerprint density at radius 2 is 1.95 bits per heavy atom. The Kier molecular flexibility index (Phi) is 5.54. The molecule has 0 bridgehead atoms. The number of benzene rings is 1. The molecular formula is C13H15F3N2O2S. The second-order valence-corrected chi connectivity index (χ2v) is 5.22. The van der Waals surface area contributed by atoms with Crippen LogP contribution in [-0.4, -0.2) is 33.5 Å². The number of amides is 1. The van der Waals surface area contributed by atoms with Gasteiger partial charge in [-0.1, -0.05) is 12.2 Å². The monoisotopic (exact) mass is 320 g/mol. The van der Waals surface area contributed by atoms with E-state index in [4.69, 9.17) is 23.1 Å². The minimum atomic E-state index is -1.73. The predicted octanol–water partition coefficient (Wildman–Crippen LogP) is 2.34. The largest absolute Gasteiger partial charge is 0.503 e. The lowest BCUT2D eigenvalue weighted by atomic mass is 10.1. The maximum Gasteiger partial charge on any atom is 0.257 e. The molecular weight excluding hydrogens is 305 g/mol. The first kappa shape index (κ1) is 17.2. The van der Waals surface area contributed by atoms with Gasteiger partial charge in [-0.3, -0.25) is 4.79 Å². The van der Waals surface area contributed by atoms with Gasteiger partial charge in [-0.2, -0.15) is 4.39 Å². The van der Waals surface area contributed by atoms with Crippen LogP contribution in [0.1, 0.15) is 30.6 Å². The third-order valence-corrected chi connectivity index (χ3v) is 3.05. The van der Waals surface area contributed by atoms with E-state index in [9.17, 15) is 18.0 Å². The zero-order valence-electron chi connectivity index (χ0n) is 11.5. The van der Waals surface area contributed by atoms with E-state index < -0.39 is 34.7 Å². The van der Waals surface area contributed by atoms with Gasteiger partial charge in [0.2, 0.25) is 5.82 Å². The fourth-order valence-electron chi connectivity index (χ4n) is 1.73. The highest BCUT2D eigenvalue weighted by Crippen LogP contribution is 2.27. The van der Waals surface area contributed by atoms with Crippen LogP contribution in [0.15, 0.2) is 6.07 Å². The van der Waals surface area contributed by atoms with Crippen molar-refractivity contribution in [1.82, 2.24) is 4.90 Å². The third-order valence-electron chi connectivity index (χ3n) is 2.85. The van der Waals surface area contributed by atoms with Crippen molar-refractivity contribution in [2.45, 2.75) is 26.3 Å². The highest BCUT2D eigenvalue weighted by atomic mass is 32.1. The molecule has 0 aliphatic rings. The Bertz CT molecular complexity index is 579. The molecule has 0 radical (unpaired) electrons. The normalized spacial score (nSPS) is 10.8. The van der Waals surface area contributed by atoms with Crippen molar-refractivity contribution in [2.75, 3.05) is 6.54 Å². The molecule has 0 fully saturated rings. The second-order valence-electron chi connectivity index (χ2n) is 4.69. The van der Waals surface area contributed by atoms with E-state index in [2.05, 4.69) is 0 Å². The molecule has 0 aliphatic heterocycles. The molecule has 1 aromatic carbocycles. The SMILES string of the molecule is CC(C)N(CCC(N)=S)C(=O)c1cc(F)c(F)c(O)c1F. The molecule has 0 saturated carbocycles. The number of carbonyl (C=O) groups excluding carboxylic acids is 1. The summed E-state index contributed by atoms with van der Waals surface area (Å²) in [6.45, 7) is 3.43. The second kappa shape index (κ2) is 6.75. The van der Waals surface area contributed by atoms with E-state index in [-0.39, 0.29) is 24.0 Å². The van der Waals surface area contributed by atoms with E-state index in [1.54, 1.807) is 13.8 Å². The van der Waals surface area contributed by atoms with Crippen molar-refractivity contribution in [2.24, 2.45) is 5.73 Å². The molecule has 0 saturated heterocycles. The average Bonchev–Trinajstić information content (AvgIpc) is 2.39. The van der Waals surface area contributed by atoms with Gasteiger partial charge in [-0.05, 0) is 19.9 Å². The first-order valence-corrected chi connectivity index (χ1v) is 6.53. The Labute approximate surface area is 125 Å². The highest BCUT2D eigenvalue weighted by Gasteiger charge is 2.27. The molecule has 21 heavy (non-hydrogen) atoms. The first-order valence-electron chi connectivity index (χ1n) is 6.12. The lowest BCUT2D eigenvalue weighted by molar-refractivity contribution is 0.0705. The number of carbonyl (C=O) groups is 1. The molecule has 1 aromatic rings. The van der Waals surface area contributed by atoms with Crippen LogP contribution in [-0.2, 0) is 0 Å². The van der Waals surface area contributed by atoms with E-state index in [1.807, 2.05) is 0 Å². The number of phenols is 1. The van der Waals surface area contributed by atoms with Crippen molar-refractivity contribution in [3.8, 4) is 5.75 Å². The number of hydrogen-bond acceptors (Lipinski definition) is 3. The van der Waals surface area contributed by atoms with Crippen molar-refractivity contribution >= 4 is 23.1 Å². The molecule has 8 heteroatoms. The number of phenolic OH excluding ortho intramolecular Hbond substituents is 1. The van der Waals surface area contributed by atoms with Gasteiger partial charge in [-0.15, -0.1) is 0 Å². The number of rotatable bonds is 5. The molecule has 1 rings (SSSR count). The fourth-order valence-corrected chi connectivity index (χ4v) is 1.82. The lowest BCUT2D eigenvalue weighted by Gasteiger charge is -2.27. The maximum atomic E-state index is 13.8. The number of halogens is 3. The van der Waals surface area contributed by atoms with Gasteiger partial charge in [-0.25, -0.2) is 8.78 Å². The summed E-state index contributed by atoms with van der Waals surface area (Å²) in [5.41, 5.74) is 4.60. The van der Waals surface area contributed by atoms with Gasteiger partial charge >= 0.3 is 0 Å². The van der Waals surface area contributed by atoms with Crippen LogP contribution in [0.25, 0.3) is 0 Å². The molecule has 116 valence electrons. The summed E-state index contributed by atoms with van der Waals surface area (Å²) in [5.74, 6) is -7.14. The molecule has 1 amide bonds. The topological polar surface area (TPSA) is 66.6 Å². The molecule has 0 atom stereocenters. The van der Waals surface area contributed by atoms with Crippen LogP contribution in [0.3, 0.4) is 0 Å². The summed E-state index contributed by atoms with van der Waals surface area (Å²) < 4.78 is 40.0. The lowest BCUT2D eigenvalue weighted by Crippen LogP contribution is -2.39. The zero-order chi connectivity index (χ0) is 16.3. The Morgan fingerprint density at radius 3 is 2.43 bits per heavy atom. The quantitative estimate of drug-likeness (QED) is 0.645. The van der Waals surface area contributed by atoms with Crippen LogP contribution >= 0.6 is 12.2 Å². The van der Waals surface area contributed by atoms with Crippen LogP contribution in [0.5, 0.6) is 5.75 Å². The van der Waals surface area contributed by atoms with Crippen molar-refractivity contribution < 1.29 is 23.1 Å². The average molecular weight is 320 g/mol. The number of hydrogen-bond donors (Lipinski definition) is 2. The van der Waals surface area contributed by atoms with Gasteiger partial charge in [0.1, 0.15) is 0 Å². The number of thiocarbonyl (C=S) groups is 1. The van der Waals surface area contributed by atoms with Gasteiger partial charge in [0.15, 0.2) is 17.4 Å². The van der Waals surface area contributed by atoms with Crippen LogP contribution in [0.2, 0.25) is 0 Å². The van der Waals surface area contributed by atoms with Gasteiger partial charge in [0.05, 0.1) is 10.6 Å². The summed E-state index contributed by atoms with van der Waals surface area (Å²) in [4.78, 5) is 13.6. The van der Waals surface area contributed by atoms with Crippen molar-refractivity contribution in [1.29, 1.82) is 0 Å². The van der Waals surface area contributed by atoms with E-state index in [0.29, 0.717) is 6.07 Å². The minimum Gasteiger partial charge on any atom is -0.503 e. The Hall–Kier alpha value is -1.83. The van der Waals surface area contributed by atoms with Crippen LogP contribution in [0.4, 0.5) is 13.2 Å². The van der Waals surface area contributed by atoms with E-state index >= 15 is 0 Å². The minimum absolute atomic E-state index is 0.102. The summed E-state index contributed by atoms with van der Waals surface area (Å²) in [7, 11) is 0. The maximum absolute atomic E-state index is 13.8. The zero-order valence-corrected chi connectivity index (χ0v) is 12.3. The predicted molar refractivity (Wildman–Crippen MR) is 75.6 cm³/mol. The van der Waals surface area contributed by atoms with Crippen molar-refractivity contribution in [3.05, 3.63) is 29.1 Å². The first-order chi connectivity index (χ1) is 9.66. The molecule has 0 unspecified atom stereocenters. The van der Waals surface area contributed by atoms with Crippen molar-refractivity contribution in [3.63, 3.8) is 0 Å². The summed E-state index contributed by atoms with van der Waals surface area (Å²) in [6.07, 6.45) is 0.205. The summed E-state index contributed by atoms with van der Waals surface area (Å²) >= 11 is 4.70. The van der Waals surface area contributed by atoms with Gasteiger partial charge in [0, 0.05) is 19.0 Å². The van der Waals surface area contributed by atoms with E-state index in [0.717, 1.165) is 0 Å². The van der Waals surface area contributed by atoms with Gasteiger partial charge < -0.3 is 15.7 Å². The molecule has 0 aliphatic carbocycles. The molecule has 3 N–H and O–H groups in total. The highest BCUT2D eigenvalue weighted by molar-refractivity contribution is 7.80. The number of nitrogens with zero attached hydrogens (tertiary/aromatic N) is 1. The summed E-state index contributed by atoms with van der Waals surface area (Å²) in [5, 5.41) is 9.15. The Morgan fingerprint density at radius 1 is 1.38 bits per heavy atom. The molecule has 0 aromatic heterocycles.